The van der Waals surface area contributed by atoms with Gasteiger partial charge in [-0.25, -0.2) is 0 Å². The topological polar surface area (TPSA) is 80.2 Å². The smallest absolute Gasteiger partial charge is 0.307 e. The van der Waals surface area contributed by atoms with Crippen molar-refractivity contribution in [2.75, 3.05) is 7.05 Å². The molecule has 2 amide bonds. The minimum Gasteiger partial charge on any atom is -0.357 e. The molecule has 0 spiro atoms. The Morgan fingerprint density at radius 1 is 1.26 bits per heavy atom. The number of carbonyl (C=O) groups excluding carboxylic acids is 2. The molecule has 7 heteroatoms. The molecule has 1 unspecified atom stereocenters. The average Bonchev–Trinajstić information content (AvgIpc) is 2.89. The second kappa shape index (κ2) is 7.73. The lowest BCUT2D eigenvalue weighted by Gasteiger charge is -2.17. The predicted octanol–water partition coefficient (Wildman–Crippen LogP) is 1.21. The van der Waals surface area contributed by atoms with Crippen LogP contribution in [0, 0.1) is 6.92 Å². The minimum absolute atomic E-state index is 0.0822. The molecule has 0 aliphatic rings. The van der Waals surface area contributed by atoms with Crippen LogP contribution in [0.15, 0.2) is 40.5 Å². The maximum atomic E-state index is 12.2. The Bertz CT molecular complexity index is 737. The molecular weight excluding hydrogens is 314 g/mol. The molecule has 0 saturated heterocycles. The molecular formula is C16H19N3O3S. The van der Waals surface area contributed by atoms with E-state index in [0.717, 1.165) is 17.0 Å². The SMILES string of the molecule is CNC(=O)C(NC(=O)CCn1c(C)csc1=O)c1ccccc1. The van der Waals surface area contributed by atoms with Crippen LogP contribution in [0.2, 0.25) is 0 Å². The molecule has 122 valence electrons. The molecule has 1 aromatic heterocycles. The van der Waals surface area contributed by atoms with Crippen LogP contribution < -0.4 is 15.5 Å². The van der Waals surface area contributed by atoms with Gasteiger partial charge in [-0.1, -0.05) is 41.7 Å². The predicted molar refractivity (Wildman–Crippen MR) is 89.3 cm³/mol. The summed E-state index contributed by atoms with van der Waals surface area (Å²) in [5.74, 6) is -0.562. The third-order valence-corrected chi connectivity index (χ3v) is 4.37. The highest BCUT2D eigenvalue weighted by Crippen LogP contribution is 2.13. The zero-order valence-corrected chi connectivity index (χ0v) is 13.9. The van der Waals surface area contributed by atoms with E-state index in [1.54, 1.807) is 22.1 Å². The molecule has 6 nitrogen and oxygen atoms in total. The van der Waals surface area contributed by atoms with Crippen molar-refractivity contribution in [1.82, 2.24) is 15.2 Å². The molecule has 0 radical (unpaired) electrons. The number of hydrogen-bond acceptors (Lipinski definition) is 4. The van der Waals surface area contributed by atoms with Gasteiger partial charge in [0.2, 0.25) is 11.8 Å². The summed E-state index contributed by atoms with van der Waals surface area (Å²) in [4.78, 5) is 35.7. The monoisotopic (exact) mass is 333 g/mol. The Kier molecular flexibility index (Phi) is 5.70. The number of rotatable bonds is 6. The molecule has 0 aliphatic heterocycles. The van der Waals surface area contributed by atoms with Crippen LogP contribution in [0.25, 0.3) is 0 Å². The van der Waals surface area contributed by atoms with Gasteiger partial charge < -0.3 is 15.2 Å². The third-order valence-electron chi connectivity index (χ3n) is 3.49. The summed E-state index contributed by atoms with van der Waals surface area (Å²) >= 11 is 1.11. The number of thiazole rings is 1. The van der Waals surface area contributed by atoms with Gasteiger partial charge in [0.05, 0.1) is 0 Å². The van der Waals surface area contributed by atoms with Crippen LogP contribution in [0.3, 0.4) is 0 Å². The number of carbonyl (C=O) groups is 2. The van der Waals surface area contributed by atoms with Crippen molar-refractivity contribution < 1.29 is 9.59 Å². The van der Waals surface area contributed by atoms with E-state index in [4.69, 9.17) is 0 Å². The van der Waals surface area contributed by atoms with Gasteiger partial charge in [-0.15, -0.1) is 0 Å². The number of aromatic nitrogens is 1. The lowest BCUT2D eigenvalue weighted by atomic mass is 10.1. The van der Waals surface area contributed by atoms with E-state index in [1.165, 1.54) is 7.05 Å². The van der Waals surface area contributed by atoms with E-state index in [2.05, 4.69) is 10.6 Å². The van der Waals surface area contributed by atoms with Crippen LogP contribution in [0.1, 0.15) is 23.7 Å². The lowest BCUT2D eigenvalue weighted by Crippen LogP contribution is -2.39. The summed E-state index contributed by atoms with van der Waals surface area (Å²) in [6, 6.07) is 8.30. The first-order valence-electron chi connectivity index (χ1n) is 7.23. The van der Waals surface area contributed by atoms with Gasteiger partial charge in [-0.05, 0) is 12.5 Å². The van der Waals surface area contributed by atoms with E-state index < -0.39 is 6.04 Å². The van der Waals surface area contributed by atoms with Crippen LogP contribution >= 0.6 is 11.3 Å². The standard InChI is InChI=1S/C16H19N3O3S/c1-11-10-23-16(22)19(11)9-8-13(20)18-14(15(21)17-2)12-6-4-3-5-7-12/h3-7,10,14H,8-9H2,1-2H3,(H,17,21)(H,18,20). The summed E-state index contributed by atoms with van der Waals surface area (Å²) in [7, 11) is 1.53. The molecule has 23 heavy (non-hydrogen) atoms. The Morgan fingerprint density at radius 3 is 2.52 bits per heavy atom. The van der Waals surface area contributed by atoms with Crippen molar-refractivity contribution >= 4 is 23.2 Å². The van der Waals surface area contributed by atoms with E-state index in [0.29, 0.717) is 12.1 Å². The molecule has 2 aromatic rings. The number of likely N-dealkylation sites (N-methyl/N-ethyl adjacent to an activating group) is 1. The molecule has 1 aromatic carbocycles. The number of amides is 2. The molecule has 0 fully saturated rings. The summed E-state index contributed by atoms with van der Waals surface area (Å²) in [5, 5.41) is 7.03. The maximum absolute atomic E-state index is 12.2. The van der Waals surface area contributed by atoms with Gasteiger partial charge in [0.1, 0.15) is 6.04 Å². The number of nitrogens with zero attached hydrogens (tertiary/aromatic N) is 1. The first-order valence-corrected chi connectivity index (χ1v) is 8.11. The van der Waals surface area contributed by atoms with Crippen LogP contribution in [-0.2, 0) is 16.1 Å². The third kappa shape index (κ3) is 4.29. The van der Waals surface area contributed by atoms with Crippen molar-refractivity contribution in [2.45, 2.75) is 25.9 Å². The Morgan fingerprint density at radius 2 is 1.96 bits per heavy atom. The molecule has 1 atom stereocenters. The minimum atomic E-state index is -0.742. The summed E-state index contributed by atoms with van der Waals surface area (Å²) in [6.07, 6.45) is 0.137. The van der Waals surface area contributed by atoms with Gasteiger partial charge in [-0.3, -0.25) is 14.4 Å². The van der Waals surface area contributed by atoms with Crippen molar-refractivity contribution in [2.24, 2.45) is 0 Å². The maximum Gasteiger partial charge on any atom is 0.307 e. The van der Waals surface area contributed by atoms with Crippen molar-refractivity contribution in [3.63, 3.8) is 0 Å². The zero-order valence-electron chi connectivity index (χ0n) is 13.0. The number of benzene rings is 1. The van der Waals surface area contributed by atoms with Gasteiger partial charge in [0.25, 0.3) is 0 Å². The first-order chi connectivity index (χ1) is 11.0. The Hall–Kier alpha value is -2.41. The van der Waals surface area contributed by atoms with Gasteiger partial charge in [0.15, 0.2) is 0 Å². The van der Waals surface area contributed by atoms with Crippen molar-refractivity contribution in [3.05, 3.63) is 56.6 Å². The second-order valence-corrected chi connectivity index (χ2v) is 5.89. The Labute approximate surface area is 138 Å². The molecule has 2 rings (SSSR count). The fourth-order valence-electron chi connectivity index (χ4n) is 2.21. The van der Waals surface area contributed by atoms with E-state index in [9.17, 15) is 14.4 Å². The molecule has 0 bridgehead atoms. The van der Waals surface area contributed by atoms with Gasteiger partial charge in [-0.2, -0.15) is 0 Å². The van der Waals surface area contributed by atoms with Crippen molar-refractivity contribution in [1.29, 1.82) is 0 Å². The molecule has 0 aliphatic carbocycles. The number of aryl methyl sites for hydroxylation is 1. The average molecular weight is 333 g/mol. The van der Waals surface area contributed by atoms with Gasteiger partial charge in [0, 0.05) is 31.1 Å². The van der Waals surface area contributed by atoms with E-state index in [1.807, 2.05) is 25.1 Å². The zero-order chi connectivity index (χ0) is 16.8. The molecule has 2 N–H and O–H groups in total. The Balaban J connectivity index is 2.04. The fraction of sp³-hybridized carbons (Fsp3) is 0.312. The quantitative estimate of drug-likeness (QED) is 0.834. The highest BCUT2D eigenvalue weighted by Gasteiger charge is 2.21. The second-order valence-electron chi connectivity index (χ2n) is 5.07. The van der Waals surface area contributed by atoms with Crippen LogP contribution in [0.4, 0.5) is 0 Å². The lowest BCUT2D eigenvalue weighted by molar-refractivity contribution is -0.129. The largest absolute Gasteiger partial charge is 0.357 e. The summed E-state index contributed by atoms with van der Waals surface area (Å²) in [5.41, 5.74) is 1.54. The molecule has 0 saturated carbocycles. The van der Waals surface area contributed by atoms with Gasteiger partial charge >= 0.3 is 4.87 Å². The summed E-state index contributed by atoms with van der Waals surface area (Å²) < 4.78 is 1.56. The fourth-order valence-corrected chi connectivity index (χ4v) is 2.97. The van der Waals surface area contributed by atoms with Crippen molar-refractivity contribution in [3.8, 4) is 0 Å². The van der Waals surface area contributed by atoms with E-state index >= 15 is 0 Å². The number of hydrogen-bond donors (Lipinski definition) is 2. The highest BCUT2D eigenvalue weighted by atomic mass is 32.1. The first kappa shape index (κ1) is 17.0. The molecule has 1 heterocycles. The van der Waals surface area contributed by atoms with Crippen LogP contribution in [0.5, 0.6) is 0 Å². The normalized spacial score (nSPS) is 11.7. The van der Waals surface area contributed by atoms with E-state index in [-0.39, 0.29) is 23.1 Å². The summed E-state index contributed by atoms with van der Waals surface area (Å²) in [6.45, 7) is 2.13. The van der Waals surface area contributed by atoms with Crippen LogP contribution in [-0.4, -0.2) is 23.4 Å². The highest BCUT2D eigenvalue weighted by molar-refractivity contribution is 7.07. The number of nitrogens with one attached hydrogen (secondary N) is 2.